The summed E-state index contributed by atoms with van der Waals surface area (Å²) in [5.74, 6) is -0.576. The number of amides is 1. The minimum absolute atomic E-state index is 0.114. The number of carbonyl (C=O) groups excluding carboxylic acids is 1. The monoisotopic (exact) mass is 330 g/mol. The van der Waals surface area contributed by atoms with Crippen LogP contribution in [0.25, 0.3) is 0 Å². The third-order valence-electron chi connectivity index (χ3n) is 4.56. The molecule has 0 radical (unpaired) electrons. The molecule has 1 aliphatic carbocycles. The van der Waals surface area contributed by atoms with Gasteiger partial charge < -0.3 is 15.4 Å². The van der Waals surface area contributed by atoms with Crippen molar-refractivity contribution < 1.29 is 13.9 Å². The fourth-order valence-corrected chi connectivity index (χ4v) is 2.95. The summed E-state index contributed by atoms with van der Waals surface area (Å²) in [7, 11) is 0. The first-order chi connectivity index (χ1) is 11.7. The fraction of sp³-hybridized carbons (Fsp3) is 0.412. The largest absolute Gasteiger partial charge is 0.487 e. The molecule has 24 heavy (non-hydrogen) atoms. The Balaban J connectivity index is 1.47. The van der Waals surface area contributed by atoms with Crippen molar-refractivity contribution in [3.63, 3.8) is 0 Å². The number of aromatic amines is 1. The van der Waals surface area contributed by atoms with Gasteiger partial charge in [-0.15, -0.1) is 0 Å². The first-order valence-electron chi connectivity index (χ1n) is 8.25. The Morgan fingerprint density at radius 2 is 2.25 bits per heavy atom. The maximum absolute atomic E-state index is 14.1. The highest BCUT2D eigenvalue weighted by Gasteiger charge is 2.23. The van der Waals surface area contributed by atoms with Crippen LogP contribution in [0.3, 0.4) is 0 Å². The average Bonchev–Trinajstić information content (AvgIpc) is 2.96. The number of H-pyrrole nitrogens is 1. The van der Waals surface area contributed by atoms with Crippen LogP contribution in [-0.4, -0.2) is 28.8 Å². The van der Waals surface area contributed by atoms with E-state index in [9.17, 15) is 9.18 Å². The first-order valence-corrected chi connectivity index (χ1v) is 8.25. The van der Waals surface area contributed by atoms with Gasteiger partial charge in [0.2, 0.25) is 0 Å². The molecule has 1 amide bonds. The predicted octanol–water partition coefficient (Wildman–Crippen LogP) is 2.38. The van der Waals surface area contributed by atoms with Crippen molar-refractivity contribution in [3.8, 4) is 5.75 Å². The molecule has 1 aliphatic heterocycles. The van der Waals surface area contributed by atoms with Gasteiger partial charge in [0.15, 0.2) is 17.3 Å². The molecule has 2 aliphatic rings. The van der Waals surface area contributed by atoms with Crippen LogP contribution in [0.2, 0.25) is 0 Å². The molecular weight excluding hydrogens is 311 g/mol. The molecule has 0 spiro atoms. The number of benzene rings is 1. The standard InChI is InChI=1S/C17H19FN4O2/c18-13-8-10(4-5-15(13)24-11-2-1-3-11)20-17(23)16-12-9-19-7-6-14(12)21-22-16/h4-5,8,11,19H,1-3,6-7,9H2,(H,20,23)(H,21,22). The maximum Gasteiger partial charge on any atom is 0.276 e. The van der Waals surface area contributed by atoms with E-state index in [1.54, 1.807) is 12.1 Å². The molecular formula is C17H19FN4O2. The molecule has 6 nitrogen and oxygen atoms in total. The number of nitrogens with one attached hydrogen (secondary N) is 3. The van der Waals surface area contributed by atoms with Gasteiger partial charge in [0.05, 0.1) is 6.10 Å². The van der Waals surface area contributed by atoms with Crippen LogP contribution in [0.5, 0.6) is 5.75 Å². The van der Waals surface area contributed by atoms with E-state index in [0.29, 0.717) is 17.9 Å². The van der Waals surface area contributed by atoms with Gasteiger partial charge in [-0.05, 0) is 31.4 Å². The van der Waals surface area contributed by atoms with Gasteiger partial charge in [0.25, 0.3) is 5.91 Å². The van der Waals surface area contributed by atoms with E-state index >= 15 is 0 Å². The van der Waals surface area contributed by atoms with Gasteiger partial charge in [-0.3, -0.25) is 9.89 Å². The Hall–Kier alpha value is -2.41. The van der Waals surface area contributed by atoms with Crippen LogP contribution >= 0.6 is 0 Å². The molecule has 0 unspecified atom stereocenters. The number of ether oxygens (including phenoxy) is 1. The molecule has 4 rings (SSSR count). The van der Waals surface area contributed by atoms with Crippen molar-refractivity contribution in [3.05, 3.63) is 41.0 Å². The van der Waals surface area contributed by atoms with Gasteiger partial charge in [-0.25, -0.2) is 4.39 Å². The van der Waals surface area contributed by atoms with E-state index < -0.39 is 5.82 Å². The summed E-state index contributed by atoms with van der Waals surface area (Å²) in [5.41, 5.74) is 2.60. The van der Waals surface area contributed by atoms with Gasteiger partial charge >= 0.3 is 0 Å². The lowest BCUT2D eigenvalue weighted by Crippen LogP contribution is -2.25. The fourth-order valence-electron chi connectivity index (χ4n) is 2.95. The quantitative estimate of drug-likeness (QED) is 0.804. The molecule has 7 heteroatoms. The minimum atomic E-state index is -0.467. The lowest BCUT2D eigenvalue weighted by Gasteiger charge is -2.26. The average molecular weight is 330 g/mol. The molecule has 1 fully saturated rings. The van der Waals surface area contributed by atoms with Crippen LogP contribution in [0, 0.1) is 5.82 Å². The number of nitrogens with zero attached hydrogens (tertiary/aromatic N) is 1. The van der Waals surface area contributed by atoms with Gasteiger partial charge in [0.1, 0.15) is 0 Å². The van der Waals surface area contributed by atoms with Crippen molar-refractivity contribution in [2.24, 2.45) is 0 Å². The molecule has 2 aromatic rings. The molecule has 0 saturated heterocycles. The van der Waals surface area contributed by atoms with Crippen LogP contribution in [0.4, 0.5) is 10.1 Å². The number of aromatic nitrogens is 2. The Morgan fingerprint density at radius 1 is 1.38 bits per heavy atom. The Bertz CT molecular complexity index is 770. The number of carbonyl (C=O) groups is 1. The Labute approximate surface area is 138 Å². The van der Waals surface area contributed by atoms with E-state index in [-0.39, 0.29) is 17.8 Å². The SMILES string of the molecule is O=C(Nc1ccc(OC2CCC2)c(F)c1)c1n[nH]c2c1CNCC2. The summed E-state index contributed by atoms with van der Waals surface area (Å²) >= 11 is 0. The normalized spacial score (nSPS) is 17.0. The molecule has 1 aromatic carbocycles. The highest BCUT2D eigenvalue weighted by molar-refractivity contribution is 6.04. The minimum Gasteiger partial charge on any atom is -0.487 e. The zero-order chi connectivity index (χ0) is 16.5. The van der Waals surface area contributed by atoms with Gasteiger partial charge in [0, 0.05) is 42.5 Å². The number of anilines is 1. The highest BCUT2D eigenvalue weighted by Crippen LogP contribution is 2.28. The summed E-state index contributed by atoms with van der Waals surface area (Å²) in [6, 6.07) is 4.49. The number of hydrogen-bond acceptors (Lipinski definition) is 4. The van der Waals surface area contributed by atoms with E-state index in [0.717, 1.165) is 43.5 Å². The van der Waals surface area contributed by atoms with Crippen LogP contribution in [0.15, 0.2) is 18.2 Å². The summed E-state index contributed by atoms with van der Waals surface area (Å²) in [6.45, 7) is 1.47. The summed E-state index contributed by atoms with van der Waals surface area (Å²) in [4.78, 5) is 12.4. The number of fused-ring (bicyclic) bond motifs is 1. The van der Waals surface area contributed by atoms with Gasteiger partial charge in [-0.1, -0.05) is 0 Å². The molecule has 0 atom stereocenters. The number of rotatable bonds is 4. The van der Waals surface area contributed by atoms with Crippen LogP contribution in [-0.2, 0) is 13.0 Å². The zero-order valence-electron chi connectivity index (χ0n) is 13.2. The van der Waals surface area contributed by atoms with Gasteiger partial charge in [-0.2, -0.15) is 5.10 Å². The van der Waals surface area contributed by atoms with Crippen LogP contribution < -0.4 is 15.4 Å². The van der Waals surface area contributed by atoms with Crippen molar-refractivity contribution in [2.75, 3.05) is 11.9 Å². The second-order valence-corrected chi connectivity index (χ2v) is 6.23. The van der Waals surface area contributed by atoms with Crippen molar-refractivity contribution in [1.29, 1.82) is 0 Å². The molecule has 0 bridgehead atoms. The zero-order valence-corrected chi connectivity index (χ0v) is 13.2. The smallest absolute Gasteiger partial charge is 0.276 e. The number of hydrogen-bond donors (Lipinski definition) is 3. The number of halogens is 1. The second kappa shape index (κ2) is 6.24. The molecule has 1 aromatic heterocycles. The third kappa shape index (κ3) is 2.87. The summed E-state index contributed by atoms with van der Waals surface area (Å²) in [5, 5.41) is 12.9. The second-order valence-electron chi connectivity index (χ2n) is 6.23. The van der Waals surface area contributed by atoms with Crippen LogP contribution in [0.1, 0.15) is 41.0 Å². The highest BCUT2D eigenvalue weighted by atomic mass is 19.1. The Kier molecular flexibility index (Phi) is 3.93. The molecule has 3 N–H and O–H groups in total. The summed E-state index contributed by atoms with van der Waals surface area (Å²) < 4.78 is 19.7. The van der Waals surface area contributed by atoms with Crippen molar-refractivity contribution in [1.82, 2.24) is 15.5 Å². The van der Waals surface area contributed by atoms with E-state index in [2.05, 4.69) is 20.8 Å². The molecule has 1 saturated carbocycles. The Morgan fingerprint density at radius 3 is 3.00 bits per heavy atom. The first kappa shape index (κ1) is 15.1. The third-order valence-corrected chi connectivity index (χ3v) is 4.56. The van der Waals surface area contributed by atoms with E-state index in [4.69, 9.17) is 4.74 Å². The lowest BCUT2D eigenvalue weighted by molar-refractivity contribution is 0.102. The lowest BCUT2D eigenvalue weighted by atomic mass is 9.96. The predicted molar refractivity (Wildman–Crippen MR) is 86.6 cm³/mol. The van der Waals surface area contributed by atoms with E-state index in [1.165, 1.54) is 6.07 Å². The summed E-state index contributed by atoms with van der Waals surface area (Å²) in [6.07, 6.45) is 4.00. The van der Waals surface area contributed by atoms with Crippen molar-refractivity contribution in [2.45, 2.75) is 38.3 Å². The topological polar surface area (TPSA) is 79.0 Å². The van der Waals surface area contributed by atoms with Crippen molar-refractivity contribution >= 4 is 11.6 Å². The molecule has 126 valence electrons. The maximum atomic E-state index is 14.1. The van der Waals surface area contributed by atoms with E-state index in [1.807, 2.05) is 0 Å². The molecule has 2 heterocycles.